The van der Waals surface area contributed by atoms with Crippen LogP contribution in [0.2, 0.25) is 0 Å². The highest BCUT2D eigenvalue weighted by Crippen LogP contribution is 2.29. The Balaban J connectivity index is 1.55. The number of ketones is 2. The zero-order chi connectivity index (χ0) is 21.4. The number of fused-ring (bicyclic) bond motifs is 2. The quantitative estimate of drug-likeness (QED) is 0.530. The van der Waals surface area contributed by atoms with Crippen molar-refractivity contribution in [2.75, 3.05) is 10.6 Å². The largest absolute Gasteiger partial charge is 0.374 e. The van der Waals surface area contributed by atoms with Gasteiger partial charge >= 0.3 is 0 Å². The Kier molecular flexibility index (Phi) is 4.96. The molecule has 0 heterocycles. The van der Waals surface area contributed by atoms with Crippen LogP contribution < -0.4 is 10.6 Å². The van der Waals surface area contributed by atoms with Gasteiger partial charge in [-0.05, 0) is 56.2 Å². The molecule has 1 aliphatic rings. The first-order valence-corrected chi connectivity index (χ1v) is 9.82. The second kappa shape index (κ2) is 7.59. The molecule has 3 aromatic carbocycles. The number of aryl methyl sites for hydroxylation is 2. The van der Waals surface area contributed by atoms with E-state index in [2.05, 4.69) is 10.6 Å². The van der Waals surface area contributed by atoms with Crippen LogP contribution in [-0.4, -0.2) is 23.5 Å². The number of hydrogen-bond donors (Lipinski definition) is 2. The predicted molar refractivity (Wildman–Crippen MR) is 117 cm³/mol. The lowest BCUT2D eigenvalue weighted by Crippen LogP contribution is -2.32. The van der Waals surface area contributed by atoms with Crippen molar-refractivity contribution >= 4 is 28.8 Å². The summed E-state index contributed by atoms with van der Waals surface area (Å²) in [5.41, 5.74) is 5.02. The molecule has 5 heteroatoms. The van der Waals surface area contributed by atoms with Crippen LogP contribution in [0, 0.1) is 13.8 Å². The van der Waals surface area contributed by atoms with Crippen molar-refractivity contribution in [3.05, 3.63) is 94.0 Å². The molecule has 0 bridgehead atoms. The summed E-state index contributed by atoms with van der Waals surface area (Å²) < 4.78 is 0. The summed E-state index contributed by atoms with van der Waals surface area (Å²) in [5, 5.41) is 6.07. The van der Waals surface area contributed by atoms with Gasteiger partial charge in [0, 0.05) is 33.6 Å². The molecule has 30 heavy (non-hydrogen) atoms. The van der Waals surface area contributed by atoms with Crippen molar-refractivity contribution in [2.45, 2.75) is 26.8 Å². The van der Waals surface area contributed by atoms with E-state index in [0.717, 1.165) is 16.8 Å². The maximum atomic E-state index is 12.9. The summed E-state index contributed by atoms with van der Waals surface area (Å²) in [5.74, 6) is -0.619. The Morgan fingerprint density at radius 2 is 1.43 bits per heavy atom. The molecule has 1 amide bonds. The molecule has 150 valence electrons. The van der Waals surface area contributed by atoms with E-state index in [-0.39, 0.29) is 17.5 Å². The average molecular weight is 398 g/mol. The normalized spacial score (nSPS) is 13.3. The summed E-state index contributed by atoms with van der Waals surface area (Å²) in [6.45, 7) is 5.76. The Morgan fingerprint density at radius 1 is 0.800 bits per heavy atom. The van der Waals surface area contributed by atoms with Gasteiger partial charge in [-0.1, -0.05) is 36.4 Å². The van der Waals surface area contributed by atoms with Gasteiger partial charge in [0.15, 0.2) is 11.6 Å². The highest BCUT2D eigenvalue weighted by Gasteiger charge is 2.29. The molecule has 5 nitrogen and oxygen atoms in total. The number of carbonyl (C=O) groups excluding carboxylic acids is 3. The molecule has 0 spiro atoms. The number of amides is 1. The van der Waals surface area contributed by atoms with E-state index >= 15 is 0 Å². The lowest BCUT2D eigenvalue weighted by molar-refractivity contribution is -0.116. The van der Waals surface area contributed by atoms with E-state index in [1.54, 1.807) is 49.4 Å². The summed E-state index contributed by atoms with van der Waals surface area (Å²) >= 11 is 0. The number of nitrogens with one attached hydrogen (secondary N) is 2. The van der Waals surface area contributed by atoms with Crippen molar-refractivity contribution < 1.29 is 14.4 Å². The van der Waals surface area contributed by atoms with Gasteiger partial charge in [-0.2, -0.15) is 0 Å². The second-order valence-corrected chi connectivity index (χ2v) is 7.64. The van der Waals surface area contributed by atoms with Gasteiger partial charge in [-0.15, -0.1) is 0 Å². The van der Waals surface area contributed by atoms with Crippen LogP contribution in [0.4, 0.5) is 11.4 Å². The summed E-state index contributed by atoms with van der Waals surface area (Å²) in [7, 11) is 0. The monoisotopic (exact) mass is 398 g/mol. The van der Waals surface area contributed by atoms with Crippen molar-refractivity contribution in [1.82, 2.24) is 0 Å². The highest BCUT2D eigenvalue weighted by atomic mass is 16.2. The molecular formula is C25H22N2O3. The first-order chi connectivity index (χ1) is 14.3. The van der Waals surface area contributed by atoms with E-state index in [4.69, 9.17) is 0 Å². The lowest BCUT2D eigenvalue weighted by Gasteiger charge is -2.20. The number of carbonyl (C=O) groups is 3. The third kappa shape index (κ3) is 3.50. The fraction of sp³-hybridized carbons (Fsp3) is 0.160. The van der Waals surface area contributed by atoms with Crippen LogP contribution in [0.15, 0.2) is 60.7 Å². The van der Waals surface area contributed by atoms with Crippen LogP contribution in [0.3, 0.4) is 0 Å². The Morgan fingerprint density at radius 3 is 2.13 bits per heavy atom. The molecule has 0 unspecified atom stereocenters. The lowest BCUT2D eigenvalue weighted by atomic mass is 9.84. The van der Waals surface area contributed by atoms with Gasteiger partial charge in [-0.25, -0.2) is 0 Å². The minimum absolute atomic E-state index is 0.178. The first-order valence-electron chi connectivity index (χ1n) is 9.82. The first kappa shape index (κ1) is 19.6. The maximum absolute atomic E-state index is 12.9. The van der Waals surface area contributed by atoms with E-state index in [0.29, 0.717) is 27.9 Å². The summed E-state index contributed by atoms with van der Waals surface area (Å²) in [6.07, 6.45) is 0. The molecule has 3 aromatic rings. The second-order valence-electron chi connectivity index (χ2n) is 7.64. The zero-order valence-electron chi connectivity index (χ0n) is 17.1. The number of rotatable bonds is 4. The van der Waals surface area contributed by atoms with E-state index in [1.165, 1.54) is 0 Å². The highest BCUT2D eigenvalue weighted by molar-refractivity contribution is 6.28. The van der Waals surface area contributed by atoms with Crippen LogP contribution >= 0.6 is 0 Å². The maximum Gasteiger partial charge on any atom is 0.246 e. The van der Waals surface area contributed by atoms with Gasteiger partial charge in [0.2, 0.25) is 5.91 Å². The van der Waals surface area contributed by atoms with Crippen molar-refractivity contribution in [3.63, 3.8) is 0 Å². The van der Waals surface area contributed by atoms with Crippen molar-refractivity contribution in [3.8, 4) is 0 Å². The SMILES string of the molecule is Cc1ccc(C)c(N[C@@H](C)C(=O)Nc2ccc3c(c2)C(=O)c2ccccc2C3=O)c1. The number of benzene rings is 3. The van der Waals surface area contributed by atoms with Crippen molar-refractivity contribution in [1.29, 1.82) is 0 Å². The Labute approximate surface area is 175 Å². The fourth-order valence-corrected chi connectivity index (χ4v) is 3.62. The Hall–Kier alpha value is -3.73. The molecule has 2 N–H and O–H groups in total. The third-order valence-corrected chi connectivity index (χ3v) is 5.35. The molecule has 0 aromatic heterocycles. The van der Waals surface area contributed by atoms with Crippen LogP contribution in [0.5, 0.6) is 0 Å². The number of hydrogen-bond acceptors (Lipinski definition) is 4. The van der Waals surface area contributed by atoms with E-state index in [1.807, 2.05) is 32.0 Å². The van der Waals surface area contributed by atoms with E-state index in [9.17, 15) is 14.4 Å². The van der Waals surface area contributed by atoms with Crippen LogP contribution in [0.25, 0.3) is 0 Å². The van der Waals surface area contributed by atoms with Gasteiger partial charge in [-0.3, -0.25) is 14.4 Å². The summed E-state index contributed by atoms with van der Waals surface area (Å²) in [4.78, 5) is 38.3. The van der Waals surface area contributed by atoms with E-state index < -0.39 is 6.04 Å². The van der Waals surface area contributed by atoms with Crippen LogP contribution in [0.1, 0.15) is 49.9 Å². The van der Waals surface area contributed by atoms with Gasteiger partial charge in [0.1, 0.15) is 6.04 Å². The zero-order valence-corrected chi connectivity index (χ0v) is 17.1. The summed E-state index contributed by atoms with van der Waals surface area (Å²) in [6, 6.07) is 17.2. The standard InChI is InChI=1S/C25H22N2O3/c1-14-8-9-15(2)22(12-14)26-16(3)25(30)27-17-10-11-20-21(13-17)24(29)19-7-5-4-6-18(19)23(20)28/h4-13,16,26H,1-3H3,(H,27,30)/t16-/m0/s1. The molecule has 0 fully saturated rings. The topological polar surface area (TPSA) is 75.3 Å². The molecule has 0 saturated heterocycles. The molecule has 1 atom stereocenters. The van der Waals surface area contributed by atoms with Crippen molar-refractivity contribution in [2.24, 2.45) is 0 Å². The minimum atomic E-state index is -0.486. The molecule has 1 aliphatic carbocycles. The fourth-order valence-electron chi connectivity index (χ4n) is 3.62. The van der Waals surface area contributed by atoms with Gasteiger partial charge in [0.05, 0.1) is 0 Å². The number of anilines is 2. The molecule has 0 radical (unpaired) electrons. The smallest absolute Gasteiger partial charge is 0.246 e. The predicted octanol–water partition coefficient (Wildman–Crippen LogP) is 4.52. The molecule has 0 aliphatic heterocycles. The molecular weight excluding hydrogens is 376 g/mol. The van der Waals surface area contributed by atoms with Gasteiger partial charge < -0.3 is 10.6 Å². The van der Waals surface area contributed by atoms with Crippen LogP contribution in [-0.2, 0) is 4.79 Å². The molecule has 0 saturated carbocycles. The third-order valence-electron chi connectivity index (χ3n) is 5.35. The molecule has 4 rings (SSSR count). The van der Waals surface area contributed by atoms with Gasteiger partial charge in [0.25, 0.3) is 0 Å². The average Bonchev–Trinajstić information content (AvgIpc) is 2.74. The Bertz CT molecular complexity index is 1200. The minimum Gasteiger partial charge on any atom is -0.374 e.